The fourth-order valence-electron chi connectivity index (χ4n) is 2.85. The molecule has 1 saturated heterocycles. The normalized spacial score (nSPS) is 14.4. The molecule has 2 amide bonds. The van der Waals surface area contributed by atoms with Gasteiger partial charge in [0.15, 0.2) is 0 Å². The quantitative estimate of drug-likeness (QED) is 0.626. The number of amides is 2. The molecule has 0 bridgehead atoms. The Morgan fingerprint density at radius 1 is 1.03 bits per heavy atom. The first-order valence-corrected chi connectivity index (χ1v) is 9.91. The van der Waals surface area contributed by atoms with Gasteiger partial charge < -0.3 is 20.2 Å². The molecule has 0 spiro atoms. The maximum absolute atomic E-state index is 12.7. The van der Waals surface area contributed by atoms with Crippen LogP contribution in [0.1, 0.15) is 36.2 Å². The van der Waals surface area contributed by atoms with E-state index in [0.29, 0.717) is 13.1 Å². The molecule has 0 unspecified atom stereocenters. The molecule has 1 aromatic carbocycles. The van der Waals surface area contributed by atoms with Crippen LogP contribution < -0.4 is 5.32 Å². The summed E-state index contributed by atoms with van der Waals surface area (Å²) in [6, 6.07) is 3.99. The smallest absolute Gasteiger partial charge is 0.475 e. The first-order valence-electron chi connectivity index (χ1n) is 9.91. The molecular formula is C20H25F6N3O4. The molecule has 0 aliphatic carbocycles. The van der Waals surface area contributed by atoms with Crippen LogP contribution >= 0.6 is 0 Å². The second kappa shape index (κ2) is 11.9. The van der Waals surface area contributed by atoms with E-state index in [9.17, 15) is 35.9 Å². The van der Waals surface area contributed by atoms with E-state index in [0.717, 1.165) is 25.2 Å². The fraction of sp³-hybridized carbons (Fsp3) is 0.550. The van der Waals surface area contributed by atoms with Crippen molar-refractivity contribution in [3.8, 4) is 0 Å². The lowest BCUT2D eigenvalue weighted by Gasteiger charge is -2.30. The van der Waals surface area contributed by atoms with Crippen LogP contribution in [-0.4, -0.2) is 77.6 Å². The van der Waals surface area contributed by atoms with Gasteiger partial charge in [-0.1, -0.05) is 0 Å². The van der Waals surface area contributed by atoms with E-state index in [1.807, 2.05) is 13.8 Å². The van der Waals surface area contributed by atoms with Crippen LogP contribution in [0.3, 0.4) is 0 Å². The van der Waals surface area contributed by atoms with E-state index in [1.165, 1.54) is 17.0 Å². The summed E-state index contributed by atoms with van der Waals surface area (Å²) in [5.41, 5.74) is -0.611. The molecule has 13 heteroatoms. The molecule has 1 aliphatic heterocycles. The molecule has 7 nitrogen and oxygen atoms in total. The van der Waals surface area contributed by atoms with Crippen molar-refractivity contribution in [3.63, 3.8) is 0 Å². The summed E-state index contributed by atoms with van der Waals surface area (Å²) < 4.78 is 69.7. The number of benzene rings is 1. The Morgan fingerprint density at radius 3 is 1.91 bits per heavy atom. The van der Waals surface area contributed by atoms with Gasteiger partial charge in [-0.15, -0.1) is 0 Å². The molecule has 1 aliphatic rings. The van der Waals surface area contributed by atoms with Crippen LogP contribution in [0.25, 0.3) is 0 Å². The van der Waals surface area contributed by atoms with Crippen molar-refractivity contribution in [1.82, 2.24) is 15.1 Å². The van der Waals surface area contributed by atoms with Crippen LogP contribution in [-0.2, 0) is 15.8 Å². The van der Waals surface area contributed by atoms with Crippen molar-refractivity contribution in [3.05, 3.63) is 35.4 Å². The molecule has 0 radical (unpaired) electrons. The van der Waals surface area contributed by atoms with E-state index in [1.54, 1.807) is 4.90 Å². The molecule has 0 aromatic heterocycles. The van der Waals surface area contributed by atoms with E-state index < -0.39 is 23.9 Å². The summed E-state index contributed by atoms with van der Waals surface area (Å²) in [5.74, 6) is -3.15. The largest absolute Gasteiger partial charge is 0.490 e. The molecule has 33 heavy (non-hydrogen) atoms. The lowest BCUT2D eigenvalue weighted by Crippen LogP contribution is -2.47. The van der Waals surface area contributed by atoms with Crippen molar-refractivity contribution in [1.29, 1.82) is 0 Å². The predicted molar refractivity (Wildman–Crippen MR) is 105 cm³/mol. The average Bonchev–Trinajstić information content (AvgIpc) is 2.73. The molecule has 0 atom stereocenters. The number of piperazine rings is 1. The monoisotopic (exact) mass is 485 g/mol. The first kappa shape index (κ1) is 28.2. The summed E-state index contributed by atoms with van der Waals surface area (Å²) in [4.78, 5) is 37.1. The highest BCUT2D eigenvalue weighted by molar-refractivity contribution is 5.94. The SMILES string of the molecule is CC(C)N(CCC(=O)N1CCNCC1)C(=O)c1ccc(C(F)(F)F)cc1.O=C(O)C(F)(F)F. The zero-order valence-corrected chi connectivity index (χ0v) is 18.0. The van der Waals surface area contributed by atoms with Gasteiger partial charge in [-0.25, -0.2) is 4.79 Å². The lowest BCUT2D eigenvalue weighted by atomic mass is 10.1. The van der Waals surface area contributed by atoms with Crippen molar-refractivity contribution in [2.45, 2.75) is 38.7 Å². The van der Waals surface area contributed by atoms with E-state index in [2.05, 4.69) is 5.32 Å². The third-order valence-electron chi connectivity index (χ3n) is 4.62. The van der Waals surface area contributed by atoms with Crippen LogP contribution in [0.2, 0.25) is 0 Å². The predicted octanol–water partition coefficient (Wildman–Crippen LogP) is 3.01. The molecule has 2 N–H and O–H groups in total. The van der Waals surface area contributed by atoms with Gasteiger partial charge in [-0.05, 0) is 38.1 Å². The topological polar surface area (TPSA) is 90.0 Å². The van der Waals surface area contributed by atoms with Gasteiger partial charge in [-0.3, -0.25) is 9.59 Å². The Kier molecular flexibility index (Phi) is 10.1. The number of hydrogen-bond donors (Lipinski definition) is 2. The summed E-state index contributed by atoms with van der Waals surface area (Å²) in [6.45, 7) is 6.67. The molecule has 0 saturated carbocycles. The third-order valence-corrected chi connectivity index (χ3v) is 4.62. The summed E-state index contributed by atoms with van der Waals surface area (Å²) in [5, 5.41) is 10.3. The van der Waals surface area contributed by atoms with Crippen LogP contribution in [0.5, 0.6) is 0 Å². The van der Waals surface area contributed by atoms with Crippen molar-refractivity contribution >= 4 is 17.8 Å². The van der Waals surface area contributed by atoms with Gasteiger partial charge >= 0.3 is 18.3 Å². The molecule has 1 aromatic rings. The number of aliphatic carboxylic acids is 1. The third kappa shape index (κ3) is 9.28. The molecule has 1 fully saturated rings. The highest BCUT2D eigenvalue weighted by atomic mass is 19.4. The van der Waals surface area contributed by atoms with Crippen molar-refractivity contribution < 1.29 is 45.8 Å². The zero-order chi connectivity index (χ0) is 25.4. The standard InChI is InChI=1S/C18H24F3N3O2.C2HF3O2/c1-13(2)24(10-7-16(25)23-11-8-22-9-12-23)17(26)14-3-5-15(6-4-14)18(19,20)21;3-2(4,5)1(6)7/h3-6,13,22H,7-12H2,1-2H3;(H,6,7). The maximum Gasteiger partial charge on any atom is 0.490 e. The number of carbonyl (C=O) groups is 3. The van der Waals surface area contributed by atoms with Crippen LogP contribution in [0.4, 0.5) is 26.3 Å². The van der Waals surface area contributed by atoms with Gasteiger partial charge in [0.2, 0.25) is 5.91 Å². The van der Waals surface area contributed by atoms with Gasteiger partial charge in [0.05, 0.1) is 5.56 Å². The number of nitrogens with one attached hydrogen (secondary N) is 1. The van der Waals surface area contributed by atoms with Crippen LogP contribution in [0, 0.1) is 0 Å². The second-order valence-corrected chi connectivity index (χ2v) is 7.35. The number of carboxylic acids is 1. The first-order chi connectivity index (χ1) is 15.1. The van der Waals surface area contributed by atoms with Crippen molar-refractivity contribution in [2.75, 3.05) is 32.7 Å². The minimum Gasteiger partial charge on any atom is -0.475 e. The summed E-state index contributed by atoms with van der Waals surface area (Å²) >= 11 is 0. The van der Waals surface area contributed by atoms with Gasteiger partial charge in [0.1, 0.15) is 0 Å². The summed E-state index contributed by atoms with van der Waals surface area (Å²) in [6.07, 6.45) is -9.32. The van der Waals surface area contributed by atoms with Gasteiger partial charge in [0.25, 0.3) is 5.91 Å². The highest BCUT2D eigenvalue weighted by Crippen LogP contribution is 2.29. The molecule has 186 valence electrons. The fourth-order valence-corrected chi connectivity index (χ4v) is 2.85. The van der Waals surface area contributed by atoms with Crippen LogP contribution in [0.15, 0.2) is 24.3 Å². The minimum atomic E-state index is -5.08. The number of carboxylic acid groups (broad SMARTS) is 1. The number of halogens is 6. The van der Waals surface area contributed by atoms with E-state index in [4.69, 9.17) is 9.90 Å². The average molecular weight is 485 g/mol. The Labute approximate surface area is 186 Å². The molecule has 1 heterocycles. The summed E-state index contributed by atoms with van der Waals surface area (Å²) in [7, 11) is 0. The number of rotatable bonds is 5. The van der Waals surface area contributed by atoms with Gasteiger partial charge in [-0.2, -0.15) is 26.3 Å². The second-order valence-electron chi connectivity index (χ2n) is 7.35. The Balaban J connectivity index is 0.000000675. The zero-order valence-electron chi connectivity index (χ0n) is 18.0. The molecule has 2 rings (SSSR count). The van der Waals surface area contributed by atoms with Gasteiger partial charge in [0, 0.05) is 50.7 Å². The minimum absolute atomic E-state index is 0.0163. The number of carbonyl (C=O) groups excluding carboxylic acids is 2. The highest BCUT2D eigenvalue weighted by Gasteiger charge is 2.38. The lowest BCUT2D eigenvalue weighted by molar-refractivity contribution is -0.192. The van der Waals surface area contributed by atoms with E-state index in [-0.39, 0.29) is 36.4 Å². The maximum atomic E-state index is 12.7. The Hall–Kier alpha value is -2.83. The number of alkyl halides is 6. The number of nitrogens with zero attached hydrogens (tertiary/aromatic N) is 2. The number of hydrogen-bond acceptors (Lipinski definition) is 4. The Bertz CT molecular complexity index is 804. The van der Waals surface area contributed by atoms with E-state index >= 15 is 0 Å². The van der Waals surface area contributed by atoms with Crippen molar-refractivity contribution in [2.24, 2.45) is 0 Å². The molecular weight excluding hydrogens is 460 g/mol. The Morgan fingerprint density at radius 2 is 1.52 bits per heavy atom.